The molecule has 2 aromatic rings. The normalized spacial score (nSPS) is 18.2. The van der Waals surface area contributed by atoms with Crippen molar-refractivity contribution in [3.05, 3.63) is 40.1 Å². The smallest absolute Gasteiger partial charge is 0.416 e. The minimum absolute atomic E-state index is 0.0733. The van der Waals surface area contributed by atoms with Crippen molar-refractivity contribution in [2.75, 3.05) is 0 Å². The third-order valence-electron chi connectivity index (χ3n) is 3.15. The molecular formula is C14H11F3OS. The van der Waals surface area contributed by atoms with Crippen LogP contribution in [0.25, 0.3) is 11.1 Å². The van der Waals surface area contributed by atoms with Gasteiger partial charge in [0.15, 0.2) is 0 Å². The zero-order valence-corrected chi connectivity index (χ0v) is 10.9. The number of rotatable bonds is 1. The Bertz CT molecular complexity index is 602. The average Bonchev–Trinajstić information content (AvgIpc) is 2.92. The molecule has 0 aliphatic carbocycles. The van der Waals surface area contributed by atoms with Crippen LogP contribution in [0.3, 0.4) is 0 Å². The van der Waals surface area contributed by atoms with Gasteiger partial charge in [-0.15, -0.1) is 0 Å². The van der Waals surface area contributed by atoms with Gasteiger partial charge in [0, 0.05) is 12.0 Å². The van der Waals surface area contributed by atoms with Crippen molar-refractivity contribution >= 4 is 11.3 Å². The monoisotopic (exact) mass is 284 g/mol. The number of thiophene rings is 1. The Morgan fingerprint density at radius 3 is 2.74 bits per heavy atom. The first-order valence-electron chi connectivity index (χ1n) is 5.88. The molecule has 0 saturated carbocycles. The number of hydrogen-bond acceptors (Lipinski definition) is 2. The standard InChI is InChI=1S/C14H11F3OS/c1-8-4-10-5-11(14(15,16)17)6-12(13(10)18-8)9-2-3-19-7-9/h2-3,5-8H,4H2,1H3. The predicted octanol–water partition coefficient (Wildman–Crippen LogP) is 4.76. The second kappa shape index (κ2) is 4.27. The first kappa shape index (κ1) is 12.5. The van der Waals surface area contributed by atoms with Crippen LogP contribution in [-0.2, 0) is 12.6 Å². The number of fused-ring (bicyclic) bond motifs is 1. The molecule has 1 aliphatic heterocycles. The molecule has 2 heterocycles. The van der Waals surface area contributed by atoms with E-state index in [1.807, 2.05) is 23.8 Å². The first-order chi connectivity index (χ1) is 8.95. The van der Waals surface area contributed by atoms with Gasteiger partial charge in [-0.1, -0.05) is 0 Å². The maximum Gasteiger partial charge on any atom is 0.416 e. The molecule has 1 aromatic heterocycles. The van der Waals surface area contributed by atoms with Crippen molar-refractivity contribution in [3.63, 3.8) is 0 Å². The highest BCUT2D eigenvalue weighted by atomic mass is 32.1. The lowest BCUT2D eigenvalue weighted by Gasteiger charge is -2.13. The summed E-state index contributed by atoms with van der Waals surface area (Å²) in [5.41, 5.74) is 1.35. The molecule has 1 aliphatic rings. The van der Waals surface area contributed by atoms with Crippen molar-refractivity contribution in [1.29, 1.82) is 0 Å². The molecule has 0 saturated heterocycles. The third kappa shape index (κ3) is 2.23. The van der Waals surface area contributed by atoms with Gasteiger partial charge in [-0.2, -0.15) is 24.5 Å². The van der Waals surface area contributed by atoms with E-state index in [0.29, 0.717) is 23.3 Å². The zero-order valence-electron chi connectivity index (χ0n) is 10.1. The van der Waals surface area contributed by atoms with E-state index in [-0.39, 0.29) is 6.10 Å². The van der Waals surface area contributed by atoms with Gasteiger partial charge < -0.3 is 4.74 Å². The maximum atomic E-state index is 12.9. The van der Waals surface area contributed by atoms with Crippen LogP contribution in [0.4, 0.5) is 13.2 Å². The highest BCUT2D eigenvalue weighted by molar-refractivity contribution is 7.08. The Morgan fingerprint density at radius 1 is 1.32 bits per heavy atom. The molecule has 0 amide bonds. The fourth-order valence-electron chi connectivity index (χ4n) is 2.33. The summed E-state index contributed by atoms with van der Waals surface area (Å²) in [6.45, 7) is 1.87. The Morgan fingerprint density at radius 2 is 2.11 bits per heavy atom. The van der Waals surface area contributed by atoms with Gasteiger partial charge in [-0.3, -0.25) is 0 Å². The van der Waals surface area contributed by atoms with Crippen molar-refractivity contribution < 1.29 is 17.9 Å². The molecule has 1 aromatic carbocycles. The summed E-state index contributed by atoms with van der Waals surface area (Å²) in [4.78, 5) is 0. The minimum atomic E-state index is -4.33. The SMILES string of the molecule is CC1Cc2cc(C(F)(F)F)cc(-c3ccsc3)c2O1. The van der Waals surface area contributed by atoms with Crippen LogP contribution in [0.5, 0.6) is 5.75 Å². The number of ether oxygens (including phenoxy) is 1. The molecule has 0 bridgehead atoms. The number of benzene rings is 1. The summed E-state index contributed by atoms with van der Waals surface area (Å²) in [6.07, 6.45) is -3.88. The summed E-state index contributed by atoms with van der Waals surface area (Å²) in [7, 11) is 0. The predicted molar refractivity (Wildman–Crippen MR) is 68.6 cm³/mol. The largest absolute Gasteiger partial charge is 0.489 e. The second-order valence-corrected chi connectivity index (χ2v) is 5.43. The lowest BCUT2D eigenvalue weighted by atomic mass is 9.99. The number of hydrogen-bond donors (Lipinski definition) is 0. The van der Waals surface area contributed by atoms with E-state index in [1.54, 1.807) is 0 Å². The van der Waals surface area contributed by atoms with Gasteiger partial charge in [-0.25, -0.2) is 0 Å². The lowest BCUT2D eigenvalue weighted by Crippen LogP contribution is -2.05. The van der Waals surface area contributed by atoms with Gasteiger partial charge in [0.05, 0.1) is 5.56 Å². The quantitative estimate of drug-likeness (QED) is 0.733. The van der Waals surface area contributed by atoms with Crippen LogP contribution < -0.4 is 4.74 Å². The number of alkyl halides is 3. The van der Waals surface area contributed by atoms with E-state index >= 15 is 0 Å². The summed E-state index contributed by atoms with van der Waals surface area (Å²) in [5.74, 6) is 0.596. The molecule has 1 atom stereocenters. The van der Waals surface area contributed by atoms with E-state index in [1.165, 1.54) is 23.5 Å². The average molecular weight is 284 g/mol. The molecule has 0 radical (unpaired) electrons. The van der Waals surface area contributed by atoms with Crippen LogP contribution in [-0.4, -0.2) is 6.10 Å². The Balaban J connectivity index is 2.20. The Kier molecular flexibility index (Phi) is 2.82. The van der Waals surface area contributed by atoms with Crippen LogP contribution in [0.15, 0.2) is 29.0 Å². The Hall–Kier alpha value is -1.49. The molecular weight excluding hydrogens is 273 g/mol. The summed E-state index contributed by atoms with van der Waals surface area (Å²) in [6, 6.07) is 4.19. The van der Waals surface area contributed by atoms with Crippen LogP contribution in [0.2, 0.25) is 0 Å². The summed E-state index contributed by atoms with van der Waals surface area (Å²) < 4.78 is 44.5. The van der Waals surface area contributed by atoms with Crippen molar-refractivity contribution in [2.24, 2.45) is 0 Å². The maximum absolute atomic E-state index is 12.9. The molecule has 19 heavy (non-hydrogen) atoms. The molecule has 3 rings (SSSR count). The van der Waals surface area contributed by atoms with E-state index in [0.717, 1.165) is 5.56 Å². The topological polar surface area (TPSA) is 9.23 Å². The van der Waals surface area contributed by atoms with Crippen molar-refractivity contribution in [3.8, 4) is 16.9 Å². The number of halogens is 3. The fraction of sp³-hybridized carbons (Fsp3) is 0.286. The second-order valence-electron chi connectivity index (χ2n) is 4.65. The van der Waals surface area contributed by atoms with E-state index < -0.39 is 11.7 Å². The molecule has 0 spiro atoms. The van der Waals surface area contributed by atoms with E-state index in [2.05, 4.69) is 0 Å². The molecule has 1 nitrogen and oxygen atoms in total. The van der Waals surface area contributed by atoms with Gasteiger partial charge >= 0.3 is 6.18 Å². The van der Waals surface area contributed by atoms with Crippen LogP contribution in [0.1, 0.15) is 18.1 Å². The van der Waals surface area contributed by atoms with Gasteiger partial charge in [0.1, 0.15) is 11.9 Å². The van der Waals surface area contributed by atoms with Crippen LogP contribution >= 0.6 is 11.3 Å². The molecule has 0 fully saturated rings. The van der Waals surface area contributed by atoms with Crippen molar-refractivity contribution in [1.82, 2.24) is 0 Å². The van der Waals surface area contributed by atoms with Crippen LogP contribution in [0, 0.1) is 0 Å². The van der Waals surface area contributed by atoms with Crippen molar-refractivity contribution in [2.45, 2.75) is 25.6 Å². The summed E-state index contributed by atoms with van der Waals surface area (Å²) in [5, 5.41) is 3.68. The molecule has 0 N–H and O–H groups in total. The van der Waals surface area contributed by atoms with Gasteiger partial charge in [0.2, 0.25) is 0 Å². The highest BCUT2D eigenvalue weighted by Crippen LogP contribution is 2.43. The molecule has 100 valence electrons. The third-order valence-corrected chi connectivity index (χ3v) is 3.83. The fourth-order valence-corrected chi connectivity index (χ4v) is 2.98. The van der Waals surface area contributed by atoms with Gasteiger partial charge in [0.25, 0.3) is 0 Å². The minimum Gasteiger partial charge on any atom is -0.489 e. The first-order valence-corrected chi connectivity index (χ1v) is 6.83. The van der Waals surface area contributed by atoms with Gasteiger partial charge in [-0.05, 0) is 47.0 Å². The zero-order chi connectivity index (χ0) is 13.6. The Labute approximate surface area is 112 Å². The lowest BCUT2D eigenvalue weighted by molar-refractivity contribution is -0.137. The highest BCUT2D eigenvalue weighted by Gasteiger charge is 2.34. The van der Waals surface area contributed by atoms with E-state index in [9.17, 15) is 13.2 Å². The molecule has 5 heteroatoms. The van der Waals surface area contributed by atoms with E-state index in [4.69, 9.17) is 4.74 Å². The summed E-state index contributed by atoms with van der Waals surface area (Å²) >= 11 is 1.46. The molecule has 1 unspecified atom stereocenters.